The predicted molar refractivity (Wildman–Crippen MR) is 131 cm³/mol. The number of anilines is 1. The Balaban J connectivity index is 0.000000440. The third kappa shape index (κ3) is 8.46. The smallest absolute Gasteiger partial charge is 0.328 e. The summed E-state index contributed by atoms with van der Waals surface area (Å²) in [5.74, 6) is -0.644. The molecule has 34 heavy (non-hydrogen) atoms. The largest absolute Gasteiger partial charge is 0.497 e. The number of aliphatic carboxylic acids is 2. The number of methoxy groups -OCH3 is 1. The number of nitrogens with two attached hydrogens (primary N) is 1. The Kier molecular flexibility index (Phi) is 9.80. The zero-order valence-electron chi connectivity index (χ0n) is 18.8. The molecule has 1 atom stereocenters. The summed E-state index contributed by atoms with van der Waals surface area (Å²) >= 11 is 0. The zero-order valence-corrected chi connectivity index (χ0v) is 18.8. The van der Waals surface area contributed by atoms with E-state index in [0.29, 0.717) is 23.9 Å². The number of carboxylic acid groups (broad SMARTS) is 2. The molecule has 3 rings (SSSR count). The Morgan fingerprint density at radius 1 is 1.00 bits per heavy atom. The summed E-state index contributed by atoms with van der Waals surface area (Å²) in [6.07, 6.45) is 2.84. The van der Waals surface area contributed by atoms with Gasteiger partial charge in [-0.15, -0.1) is 0 Å². The molecule has 0 saturated heterocycles. The molecule has 0 bridgehead atoms. The monoisotopic (exact) mass is 462 g/mol. The quantitative estimate of drug-likeness (QED) is 0.234. The lowest BCUT2D eigenvalue weighted by Gasteiger charge is -2.15. The van der Waals surface area contributed by atoms with Crippen molar-refractivity contribution in [2.24, 2.45) is 10.7 Å². The molecule has 0 aliphatic heterocycles. The van der Waals surface area contributed by atoms with E-state index in [2.05, 4.69) is 34.3 Å². The molecule has 0 radical (unpaired) electrons. The minimum Gasteiger partial charge on any atom is -0.497 e. The maximum atomic E-state index is 9.55. The predicted octanol–water partition coefficient (Wildman–Crippen LogP) is 4.01. The van der Waals surface area contributed by atoms with E-state index < -0.39 is 11.9 Å². The number of nitrogens with zero attached hydrogens (tertiary/aromatic N) is 2. The molecule has 9 heteroatoms. The second-order valence-electron chi connectivity index (χ2n) is 6.91. The van der Waals surface area contributed by atoms with Crippen LogP contribution in [0.3, 0.4) is 0 Å². The number of hydrogen-bond acceptors (Lipinski definition) is 5. The Bertz CT molecular complexity index is 1130. The van der Waals surface area contributed by atoms with E-state index in [1.54, 1.807) is 13.3 Å². The summed E-state index contributed by atoms with van der Waals surface area (Å²) in [7, 11) is 1.66. The molecule has 5 N–H and O–H groups in total. The number of para-hydroxylation sites is 1. The molecule has 2 aromatic carbocycles. The lowest BCUT2D eigenvalue weighted by Crippen LogP contribution is -2.22. The first-order valence-electron chi connectivity index (χ1n) is 10.2. The van der Waals surface area contributed by atoms with Crippen LogP contribution in [0.5, 0.6) is 5.75 Å². The van der Waals surface area contributed by atoms with Crippen LogP contribution in [-0.2, 0) is 9.59 Å². The lowest BCUT2D eigenvalue weighted by molar-refractivity contribution is -0.134. The van der Waals surface area contributed by atoms with Crippen LogP contribution in [-0.4, -0.2) is 40.2 Å². The normalized spacial score (nSPS) is 11.8. The molecular formula is C25H26N4O5. The highest BCUT2D eigenvalue weighted by molar-refractivity contribution is 5.94. The van der Waals surface area contributed by atoms with Crippen LogP contribution in [0.15, 0.2) is 90.1 Å². The first-order valence-corrected chi connectivity index (χ1v) is 10.2. The van der Waals surface area contributed by atoms with Crippen molar-refractivity contribution in [3.63, 3.8) is 0 Å². The molecule has 0 aliphatic carbocycles. The van der Waals surface area contributed by atoms with Crippen molar-refractivity contribution >= 4 is 29.4 Å². The summed E-state index contributed by atoms with van der Waals surface area (Å²) in [5.41, 5.74) is 9.12. The molecule has 0 aliphatic rings. The van der Waals surface area contributed by atoms with Crippen molar-refractivity contribution in [3.05, 3.63) is 96.2 Å². The van der Waals surface area contributed by atoms with Gasteiger partial charge in [-0.05, 0) is 35.9 Å². The topological polar surface area (TPSA) is 147 Å². The maximum Gasteiger partial charge on any atom is 0.328 e. The van der Waals surface area contributed by atoms with Gasteiger partial charge in [0.15, 0.2) is 11.8 Å². The van der Waals surface area contributed by atoms with Gasteiger partial charge in [-0.25, -0.2) is 14.6 Å². The molecule has 0 amide bonds. The number of aliphatic imine (C=N–C) groups is 1. The molecule has 3 aromatic rings. The van der Waals surface area contributed by atoms with Gasteiger partial charge >= 0.3 is 11.9 Å². The van der Waals surface area contributed by atoms with E-state index in [9.17, 15) is 9.59 Å². The third-order valence-corrected chi connectivity index (χ3v) is 4.54. The number of guanidine groups is 1. The molecule has 1 aromatic heterocycles. The molecule has 0 spiro atoms. The minimum absolute atomic E-state index is 0.123. The van der Waals surface area contributed by atoms with E-state index in [0.717, 1.165) is 22.6 Å². The first kappa shape index (κ1) is 25.6. The van der Waals surface area contributed by atoms with Crippen molar-refractivity contribution < 1.29 is 24.5 Å². The highest BCUT2D eigenvalue weighted by Crippen LogP contribution is 2.31. The number of aromatic nitrogens is 1. The van der Waals surface area contributed by atoms with E-state index in [-0.39, 0.29) is 5.92 Å². The zero-order chi connectivity index (χ0) is 24.9. The lowest BCUT2D eigenvalue weighted by atomic mass is 9.93. The molecule has 9 nitrogen and oxygen atoms in total. The van der Waals surface area contributed by atoms with Gasteiger partial charge < -0.3 is 26.0 Å². The second-order valence-corrected chi connectivity index (χ2v) is 6.91. The second kappa shape index (κ2) is 13.0. The standard InChI is InChI=1S/C21H22N4O.C4H4O4/c1-15(16-10-12-18(26-2)13-11-16)19-9-6-14-23-20(19)25-21(22)24-17-7-4-3-5-8-17;5-3(6)1-2-4(7)8/h3-15H,1-2H3,(H3,22,23,24,25);1-2H,(H,5,6)(H,7,8)/b;2-1-. The fraction of sp³-hybridized carbons (Fsp3) is 0.120. The van der Waals surface area contributed by atoms with E-state index in [4.69, 9.17) is 20.7 Å². The van der Waals surface area contributed by atoms with E-state index in [1.165, 1.54) is 0 Å². The van der Waals surface area contributed by atoms with Crippen molar-refractivity contribution in [2.45, 2.75) is 12.8 Å². The van der Waals surface area contributed by atoms with Gasteiger partial charge in [0.1, 0.15) is 5.75 Å². The van der Waals surface area contributed by atoms with Crippen molar-refractivity contribution in [3.8, 4) is 5.75 Å². The Hall–Kier alpha value is -4.66. The maximum absolute atomic E-state index is 9.55. The van der Waals surface area contributed by atoms with Gasteiger partial charge in [0.25, 0.3) is 0 Å². The molecule has 0 fully saturated rings. The summed E-state index contributed by atoms with van der Waals surface area (Å²) in [4.78, 5) is 28.0. The summed E-state index contributed by atoms with van der Waals surface area (Å²) in [5, 5.41) is 18.7. The molecule has 1 heterocycles. The minimum atomic E-state index is -1.26. The van der Waals surface area contributed by atoms with Crippen LogP contribution in [0.25, 0.3) is 0 Å². The highest BCUT2D eigenvalue weighted by Gasteiger charge is 2.14. The average Bonchev–Trinajstić information content (AvgIpc) is 2.84. The van der Waals surface area contributed by atoms with Gasteiger partial charge in [-0.2, -0.15) is 4.99 Å². The summed E-state index contributed by atoms with van der Waals surface area (Å²) in [6, 6.07) is 21.6. The summed E-state index contributed by atoms with van der Waals surface area (Å²) in [6.45, 7) is 2.12. The van der Waals surface area contributed by atoms with Crippen LogP contribution >= 0.6 is 0 Å². The Labute approximate surface area is 197 Å². The van der Waals surface area contributed by atoms with Crippen LogP contribution in [0.1, 0.15) is 24.0 Å². The van der Waals surface area contributed by atoms with Crippen LogP contribution in [0, 0.1) is 0 Å². The van der Waals surface area contributed by atoms with E-state index >= 15 is 0 Å². The van der Waals surface area contributed by atoms with E-state index in [1.807, 2.05) is 54.6 Å². The Morgan fingerprint density at radius 3 is 2.18 bits per heavy atom. The number of ether oxygens (including phenoxy) is 1. The van der Waals surface area contributed by atoms with Crippen molar-refractivity contribution in [1.29, 1.82) is 0 Å². The summed E-state index contributed by atoms with van der Waals surface area (Å²) < 4.78 is 5.23. The number of carboxylic acids is 2. The molecule has 176 valence electrons. The number of pyridine rings is 1. The molecular weight excluding hydrogens is 436 g/mol. The first-order chi connectivity index (χ1) is 16.3. The van der Waals surface area contributed by atoms with Crippen LogP contribution in [0.4, 0.5) is 11.5 Å². The number of carbonyl (C=O) groups is 2. The molecule has 1 unspecified atom stereocenters. The molecule has 0 saturated carbocycles. The number of benzene rings is 2. The van der Waals surface area contributed by atoms with Gasteiger partial charge in [-0.3, -0.25) is 0 Å². The number of hydrogen-bond donors (Lipinski definition) is 4. The van der Waals surface area contributed by atoms with Crippen molar-refractivity contribution in [1.82, 2.24) is 4.98 Å². The number of rotatable bonds is 7. The van der Waals surface area contributed by atoms with Crippen LogP contribution < -0.4 is 15.8 Å². The average molecular weight is 463 g/mol. The van der Waals surface area contributed by atoms with Gasteiger partial charge in [-0.1, -0.05) is 43.3 Å². The fourth-order valence-corrected chi connectivity index (χ4v) is 2.87. The fourth-order valence-electron chi connectivity index (χ4n) is 2.87. The van der Waals surface area contributed by atoms with Crippen molar-refractivity contribution in [2.75, 3.05) is 12.4 Å². The van der Waals surface area contributed by atoms with Gasteiger partial charge in [0, 0.05) is 35.5 Å². The van der Waals surface area contributed by atoms with Gasteiger partial charge in [0.05, 0.1) is 7.11 Å². The SMILES string of the molecule is COc1ccc(C(C)c2cccnc2N=C(N)Nc2ccccc2)cc1.O=C(O)/C=C\C(=O)O. The Morgan fingerprint density at radius 2 is 1.62 bits per heavy atom. The van der Waals surface area contributed by atoms with Crippen LogP contribution in [0.2, 0.25) is 0 Å². The highest BCUT2D eigenvalue weighted by atomic mass is 16.5. The number of nitrogens with one attached hydrogen (secondary N) is 1. The van der Waals surface area contributed by atoms with Gasteiger partial charge in [0.2, 0.25) is 0 Å². The third-order valence-electron chi connectivity index (χ3n) is 4.54.